The summed E-state index contributed by atoms with van der Waals surface area (Å²) in [6.07, 6.45) is 0.0494. The van der Waals surface area contributed by atoms with Gasteiger partial charge in [-0.15, -0.1) is 0 Å². The molecule has 0 aliphatic rings. The van der Waals surface area contributed by atoms with Gasteiger partial charge >= 0.3 is 6.09 Å². The van der Waals surface area contributed by atoms with Crippen LogP contribution in [0.5, 0.6) is 0 Å². The topological polar surface area (TPSA) is 51.2 Å². The Morgan fingerprint density at radius 3 is 2.34 bits per heavy atom. The summed E-state index contributed by atoms with van der Waals surface area (Å²) in [7, 11) is 0. The predicted molar refractivity (Wildman–Crippen MR) is 102 cm³/mol. The molecule has 1 heterocycles. The van der Waals surface area contributed by atoms with Gasteiger partial charge in [0.05, 0.1) is 17.3 Å². The monoisotopic (exact) mass is 400 g/mol. The number of hydrogen-bond acceptors (Lipinski definition) is 3. The fourth-order valence-corrected chi connectivity index (χ4v) is 2.92. The highest BCUT2D eigenvalue weighted by Gasteiger charge is 2.32. The second-order valence-corrected chi connectivity index (χ2v) is 6.96. The number of pyridine rings is 1. The third kappa shape index (κ3) is 4.74. The molecule has 0 bridgehead atoms. The van der Waals surface area contributed by atoms with Crippen LogP contribution in [-0.2, 0) is 16.9 Å². The van der Waals surface area contributed by atoms with Crippen molar-refractivity contribution in [3.63, 3.8) is 0 Å². The molecule has 1 amide bonds. The number of benzene rings is 2. The number of amides is 1. The van der Waals surface area contributed by atoms with Gasteiger partial charge in [-0.25, -0.2) is 18.0 Å². The Labute approximate surface area is 166 Å². The molecule has 0 aliphatic heterocycles. The van der Waals surface area contributed by atoms with Crippen molar-refractivity contribution >= 4 is 6.09 Å². The molecule has 150 valence electrons. The Morgan fingerprint density at radius 2 is 1.69 bits per heavy atom. The molecule has 2 aromatic carbocycles. The largest absolute Gasteiger partial charge is 0.445 e. The van der Waals surface area contributed by atoms with Gasteiger partial charge in [0.15, 0.2) is 5.82 Å². The first-order valence-electron chi connectivity index (χ1n) is 8.87. The molecule has 0 spiro atoms. The lowest BCUT2D eigenvalue weighted by molar-refractivity contribution is 0.128. The van der Waals surface area contributed by atoms with Crippen molar-refractivity contribution < 1.29 is 22.7 Å². The summed E-state index contributed by atoms with van der Waals surface area (Å²) in [5.74, 6) is -2.34. The number of rotatable bonds is 5. The van der Waals surface area contributed by atoms with Crippen molar-refractivity contribution in [2.24, 2.45) is 0 Å². The first kappa shape index (κ1) is 20.4. The fourth-order valence-electron chi connectivity index (χ4n) is 2.92. The summed E-state index contributed by atoms with van der Waals surface area (Å²) in [6, 6.07) is 14.0. The molecule has 7 heteroatoms. The molecule has 0 radical (unpaired) electrons. The number of alkyl carbamates (subject to hydrolysis) is 1. The van der Waals surface area contributed by atoms with E-state index < -0.39 is 29.1 Å². The van der Waals surface area contributed by atoms with Gasteiger partial charge in [0.2, 0.25) is 0 Å². The average Bonchev–Trinajstić information content (AvgIpc) is 2.68. The van der Waals surface area contributed by atoms with E-state index in [4.69, 9.17) is 4.74 Å². The first-order valence-corrected chi connectivity index (χ1v) is 8.87. The van der Waals surface area contributed by atoms with E-state index in [2.05, 4.69) is 10.3 Å². The third-order valence-corrected chi connectivity index (χ3v) is 4.34. The van der Waals surface area contributed by atoms with Crippen LogP contribution in [0, 0.1) is 17.5 Å². The van der Waals surface area contributed by atoms with E-state index in [1.165, 1.54) is 26.0 Å². The van der Waals surface area contributed by atoms with Crippen molar-refractivity contribution in [2.75, 3.05) is 0 Å². The van der Waals surface area contributed by atoms with E-state index in [1.807, 2.05) is 6.07 Å². The summed E-state index contributed by atoms with van der Waals surface area (Å²) >= 11 is 0. The Balaban J connectivity index is 1.82. The van der Waals surface area contributed by atoms with Gasteiger partial charge in [-0.2, -0.15) is 0 Å². The molecule has 0 atom stereocenters. The summed E-state index contributed by atoms with van der Waals surface area (Å²) in [6.45, 7) is 2.92. The Kier molecular flexibility index (Phi) is 5.87. The van der Waals surface area contributed by atoms with Crippen molar-refractivity contribution in [1.82, 2.24) is 10.3 Å². The van der Waals surface area contributed by atoms with Crippen molar-refractivity contribution in [3.05, 3.63) is 89.4 Å². The number of carbonyl (C=O) groups excluding carboxylic acids is 1. The van der Waals surface area contributed by atoms with E-state index in [9.17, 15) is 13.6 Å². The van der Waals surface area contributed by atoms with Crippen molar-refractivity contribution in [3.8, 4) is 11.3 Å². The van der Waals surface area contributed by atoms with Crippen LogP contribution >= 0.6 is 0 Å². The highest BCUT2D eigenvalue weighted by atomic mass is 19.1. The highest BCUT2D eigenvalue weighted by Crippen LogP contribution is 2.31. The summed E-state index contributed by atoms with van der Waals surface area (Å²) in [5.41, 5.74) is -0.884. The molecular formula is C22H19F3N2O2. The van der Waals surface area contributed by atoms with Crippen LogP contribution in [0.2, 0.25) is 0 Å². The summed E-state index contributed by atoms with van der Waals surface area (Å²) in [5, 5.41) is 2.48. The van der Waals surface area contributed by atoms with Crippen LogP contribution in [-0.4, -0.2) is 11.1 Å². The lowest BCUT2D eigenvalue weighted by Crippen LogP contribution is -2.42. The van der Waals surface area contributed by atoms with Gasteiger partial charge in [0.25, 0.3) is 0 Å². The normalized spacial score (nSPS) is 11.2. The van der Waals surface area contributed by atoms with E-state index in [-0.39, 0.29) is 23.4 Å². The van der Waals surface area contributed by atoms with Gasteiger partial charge in [0.1, 0.15) is 23.9 Å². The first-order chi connectivity index (χ1) is 13.8. The zero-order chi connectivity index (χ0) is 21.0. The lowest BCUT2D eigenvalue weighted by atomic mass is 9.92. The maximum absolute atomic E-state index is 15.1. The lowest BCUT2D eigenvalue weighted by Gasteiger charge is -2.27. The number of halogens is 3. The quantitative estimate of drug-likeness (QED) is 0.630. The molecule has 1 aromatic heterocycles. The van der Waals surface area contributed by atoms with Gasteiger partial charge in [0, 0.05) is 5.56 Å². The smallest absolute Gasteiger partial charge is 0.408 e. The molecule has 0 aliphatic carbocycles. The number of carbonyl (C=O) groups is 1. The number of aromatic nitrogens is 1. The average molecular weight is 400 g/mol. The van der Waals surface area contributed by atoms with Gasteiger partial charge in [-0.05, 0) is 43.7 Å². The number of nitrogens with zero attached hydrogens (tertiary/aromatic N) is 1. The molecule has 29 heavy (non-hydrogen) atoms. The van der Waals surface area contributed by atoms with Crippen LogP contribution in [0.1, 0.15) is 25.0 Å². The van der Waals surface area contributed by atoms with E-state index in [0.717, 1.165) is 23.9 Å². The molecule has 0 fully saturated rings. The number of hydrogen-bond donors (Lipinski definition) is 1. The van der Waals surface area contributed by atoms with Gasteiger partial charge < -0.3 is 10.1 Å². The zero-order valence-electron chi connectivity index (χ0n) is 15.9. The second kappa shape index (κ2) is 8.34. The number of nitrogens with one attached hydrogen (secondary N) is 1. The van der Waals surface area contributed by atoms with Crippen LogP contribution in [0.4, 0.5) is 18.0 Å². The minimum atomic E-state index is -1.43. The van der Waals surface area contributed by atoms with E-state index in [0.29, 0.717) is 0 Å². The molecule has 3 rings (SSSR count). The van der Waals surface area contributed by atoms with Gasteiger partial charge in [-0.1, -0.05) is 30.3 Å². The maximum Gasteiger partial charge on any atom is 0.408 e. The summed E-state index contributed by atoms with van der Waals surface area (Å²) < 4.78 is 47.9. The maximum atomic E-state index is 15.1. The molecule has 0 saturated heterocycles. The minimum absolute atomic E-state index is 0.0187. The molecule has 0 unspecified atom stereocenters. The van der Waals surface area contributed by atoms with Crippen LogP contribution in [0.3, 0.4) is 0 Å². The standard InChI is InChI=1S/C22H19F3N2O2/c1-22(2,27-21(28)29-13-14-6-4-3-5-7-14)18-17(24)12-26-20(19(18)25)15-8-10-16(23)11-9-15/h3-12H,13H2,1-2H3,(H,27,28). The fraction of sp³-hybridized carbons (Fsp3) is 0.182. The number of ether oxygens (including phenoxy) is 1. The van der Waals surface area contributed by atoms with Crippen LogP contribution < -0.4 is 5.32 Å². The summed E-state index contributed by atoms with van der Waals surface area (Å²) in [4.78, 5) is 16.0. The molecule has 3 aromatic rings. The van der Waals surface area contributed by atoms with E-state index in [1.54, 1.807) is 24.3 Å². The van der Waals surface area contributed by atoms with Gasteiger partial charge in [-0.3, -0.25) is 4.98 Å². The molecule has 1 N–H and O–H groups in total. The van der Waals surface area contributed by atoms with Crippen LogP contribution in [0.15, 0.2) is 60.8 Å². The van der Waals surface area contributed by atoms with Crippen LogP contribution in [0.25, 0.3) is 11.3 Å². The SMILES string of the molecule is CC(C)(NC(=O)OCc1ccccc1)c1c(F)cnc(-c2ccc(F)cc2)c1F. The molecule has 4 nitrogen and oxygen atoms in total. The Morgan fingerprint density at radius 1 is 1.03 bits per heavy atom. The van der Waals surface area contributed by atoms with E-state index >= 15 is 4.39 Å². The van der Waals surface area contributed by atoms with Crippen molar-refractivity contribution in [2.45, 2.75) is 26.0 Å². The molecule has 0 saturated carbocycles. The zero-order valence-corrected chi connectivity index (χ0v) is 15.9. The second-order valence-electron chi connectivity index (χ2n) is 6.96. The Bertz CT molecular complexity index is 1010. The molecular weight excluding hydrogens is 381 g/mol. The minimum Gasteiger partial charge on any atom is -0.445 e. The predicted octanol–water partition coefficient (Wildman–Crippen LogP) is 5.33. The highest BCUT2D eigenvalue weighted by molar-refractivity contribution is 5.69. The van der Waals surface area contributed by atoms with Crippen molar-refractivity contribution in [1.29, 1.82) is 0 Å². The Hall–Kier alpha value is -3.35. The third-order valence-electron chi connectivity index (χ3n) is 4.34.